The standard InChI is InChI=1S/C11H16O8/c1-6(12)17-8(5-9(14)15)10(16)19-11(3,4)18-7(2)13/h8H,5H2,1-4H3,(H,14,15). The van der Waals surface area contributed by atoms with Crippen molar-refractivity contribution in [2.24, 2.45) is 0 Å². The molecule has 1 N–H and O–H groups in total. The fourth-order valence-electron chi connectivity index (χ4n) is 1.21. The van der Waals surface area contributed by atoms with Crippen molar-refractivity contribution in [2.45, 2.75) is 46.0 Å². The third kappa shape index (κ3) is 7.74. The zero-order valence-electron chi connectivity index (χ0n) is 11.1. The van der Waals surface area contributed by atoms with Crippen molar-refractivity contribution in [3.8, 4) is 0 Å². The molecule has 1 atom stereocenters. The molecule has 0 aliphatic carbocycles. The quantitative estimate of drug-likeness (QED) is 0.541. The van der Waals surface area contributed by atoms with Crippen molar-refractivity contribution in [1.82, 2.24) is 0 Å². The van der Waals surface area contributed by atoms with Gasteiger partial charge in [-0.2, -0.15) is 0 Å². The van der Waals surface area contributed by atoms with Crippen molar-refractivity contribution >= 4 is 23.9 Å². The van der Waals surface area contributed by atoms with Crippen molar-refractivity contribution in [3.05, 3.63) is 0 Å². The number of hydrogen-bond donors (Lipinski definition) is 1. The molecule has 19 heavy (non-hydrogen) atoms. The summed E-state index contributed by atoms with van der Waals surface area (Å²) in [6, 6.07) is 0. The summed E-state index contributed by atoms with van der Waals surface area (Å²) in [4.78, 5) is 43.8. The van der Waals surface area contributed by atoms with Crippen LogP contribution < -0.4 is 0 Å². The van der Waals surface area contributed by atoms with E-state index in [2.05, 4.69) is 4.74 Å². The summed E-state index contributed by atoms with van der Waals surface area (Å²) in [5.74, 6) is -5.54. The average Bonchev–Trinajstić information content (AvgIpc) is 2.11. The first-order valence-electron chi connectivity index (χ1n) is 5.35. The van der Waals surface area contributed by atoms with E-state index in [1.54, 1.807) is 0 Å². The fourth-order valence-corrected chi connectivity index (χ4v) is 1.21. The molecule has 8 heteroatoms. The summed E-state index contributed by atoms with van der Waals surface area (Å²) in [7, 11) is 0. The van der Waals surface area contributed by atoms with Gasteiger partial charge in [-0.3, -0.25) is 14.4 Å². The number of aliphatic carboxylic acids is 1. The Labute approximate surface area is 109 Å². The van der Waals surface area contributed by atoms with E-state index in [9.17, 15) is 19.2 Å². The minimum Gasteiger partial charge on any atom is -0.481 e. The summed E-state index contributed by atoms with van der Waals surface area (Å²) in [5, 5.41) is 8.60. The van der Waals surface area contributed by atoms with Gasteiger partial charge in [0, 0.05) is 27.7 Å². The number of carbonyl (C=O) groups excluding carboxylic acids is 3. The lowest BCUT2D eigenvalue weighted by Gasteiger charge is -2.26. The Morgan fingerprint density at radius 1 is 1.05 bits per heavy atom. The van der Waals surface area contributed by atoms with Gasteiger partial charge in [0.1, 0.15) is 0 Å². The van der Waals surface area contributed by atoms with E-state index in [4.69, 9.17) is 14.6 Å². The summed E-state index contributed by atoms with van der Waals surface area (Å²) in [5.41, 5.74) is 0. The number of ether oxygens (including phenoxy) is 3. The van der Waals surface area contributed by atoms with Crippen LogP contribution in [0.5, 0.6) is 0 Å². The number of esters is 3. The summed E-state index contributed by atoms with van der Waals surface area (Å²) in [6.07, 6.45) is -2.33. The highest BCUT2D eigenvalue weighted by atomic mass is 16.7. The van der Waals surface area contributed by atoms with Gasteiger partial charge in [0.05, 0.1) is 6.42 Å². The van der Waals surface area contributed by atoms with E-state index in [1.807, 2.05) is 0 Å². The molecule has 0 radical (unpaired) electrons. The van der Waals surface area contributed by atoms with E-state index < -0.39 is 42.2 Å². The number of carbonyl (C=O) groups is 4. The van der Waals surface area contributed by atoms with Crippen LogP contribution in [0.1, 0.15) is 34.1 Å². The Bertz CT molecular complexity index is 368. The molecule has 0 saturated carbocycles. The molecule has 0 heterocycles. The smallest absolute Gasteiger partial charge is 0.351 e. The first kappa shape index (κ1) is 16.9. The van der Waals surface area contributed by atoms with Gasteiger partial charge in [0.15, 0.2) is 0 Å². The van der Waals surface area contributed by atoms with Crippen molar-refractivity contribution < 1.29 is 38.5 Å². The Morgan fingerprint density at radius 2 is 1.58 bits per heavy atom. The SMILES string of the molecule is CC(=O)OC(CC(=O)O)C(=O)OC(C)(C)OC(C)=O. The van der Waals surface area contributed by atoms with Crippen LogP contribution in [-0.4, -0.2) is 40.9 Å². The van der Waals surface area contributed by atoms with Gasteiger partial charge in [0.2, 0.25) is 6.10 Å². The number of rotatable bonds is 6. The highest BCUT2D eigenvalue weighted by Gasteiger charge is 2.33. The molecule has 1 unspecified atom stereocenters. The van der Waals surface area contributed by atoms with Gasteiger partial charge in [-0.15, -0.1) is 0 Å². The lowest BCUT2D eigenvalue weighted by Crippen LogP contribution is -2.39. The molecule has 8 nitrogen and oxygen atoms in total. The monoisotopic (exact) mass is 276 g/mol. The van der Waals surface area contributed by atoms with E-state index in [-0.39, 0.29) is 0 Å². The number of carboxylic acid groups (broad SMARTS) is 1. The molecule has 108 valence electrons. The fraction of sp³-hybridized carbons (Fsp3) is 0.636. The van der Waals surface area contributed by atoms with Crippen LogP contribution in [-0.2, 0) is 33.4 Å². The van der Waals surface area contributed by atoms with Crippen LogP contribution in [0.25, 0.3) is 0 Å². The first-order valence-corrected chi connectivity index (χ1v) is 5.35. The van der Waals surface area contributed by atoms with Crippen molar-refractivity contribution in [3.63, 3.8) is 0 Å². The van der Waals surface area contributed by atoms with Gasteiger partial charge in [0.25, 0.3) is 5.79 Å². The molecule has 0 bridgehead atoms. The van der Waals surface area contributed by atoms with E-state index in [1.165, 1.54) is 13.8 Å². The molecule has 0 saturated heterocycles. The van der Waals surface area contributed by atoms with E-state index in [0.29, 0.717) is 0 Å². The van der Waals surface area contributed by atoms with E-state index in [0.717, 1.165) is 13.8 Å². The lowest BCUT2D eigenvalue weighted by atomic mass is 10.2. The maximum absolute atomic E-state index is 11.7. The third-order valence-corrected chi connectivity index (χ3v) is 1.67. The molecular formula is C11H16O8. The molecule has 0 fully saturated rings. The molecule has 0 aromatic heterocycles. The molecule has 0 aromatic carbocycles. The van der Waals surface area contributed by atoms with E-state index >= 15 is 0 Å². The Hall–Kier alpha value is -2.12. The largest absolute Gasteiger partial charge is 0.481 e. The minimum atomic E-state index is -1.59. The van der Waals surface area contributed by atoms with Gasteiger partial charge in [-0.05, 0) is 0 Å². The minimum absolute atomic E-state index is 0.680. The van der Waals surface area contributed by atoms with Crippen LogP contribution in [0.3, 0.4) is 0 Å². The maximum atomic E-state index is 11.7. The van der Waals surface area contributed by atoms with Gasteiger partial charge in [-0.1, -0.05) is 0 Å². The Balaban J connectivity index is 4.75. The number of carboxylic acids is 1. The van der Waals surface area contributed by atoms with Gasteiger partial charge in [-0.25, -0.2) is 4.79 Å². The second kappa shape index (κ2) is 6.72. The second-order valence-electron chi connectivity index (χ2n) is 4.11. The van der Waals surface area contributed by atoms with Crippen LogP contribution in [0, 0.1) is 0 Å². The zero-order chi connectivity index (χ0) is 15.2. The highest BCUT2D eigenvalue weighted by Crippen LogP contribution is 2.15. The normalized spacial score (nSPS) is 12.2. The van der Waals surface area contributed by atoms with Crippen molar-refractivity contribution in [2.75, 3.05) is 0 Å². The second-order valence-corrected chi connectivity index (χ2v) is 4.11. The average molecular weight is 276 g/mol. The zero-order valence-corrected chi connectivity index (χ0v) is 11.1. The van der Waals surface area contributed by atoms with Crippen molar-refractivity contribution in [1.29, 1.82) is 0 Å². The summed E-state index contributed by atoms with van der Waals surface area (Å²) < 4.78 is 14.0. The Morgan fingerprint density at radius 3 is 1.95 bits per heavy atom. The lowest BCUT2D eigenvalue weighted by molar-refractivity contribution is -0.222. The topological polar surface area (TPSA) is 116 Å². The molecule has 0 rings (SSSR count). The molecule has 0 amide bonds. The predicted molar refractivity (Wildman–Crippen MR) is 59.7 cm³/mol. The highest BCUT2D eigenvalue weighted by molar-refractivity contribution is 5.83. The maximum Gasteiger partial charge on any atom is 0.351 e. The third-order valence-electron chi connectivity index (χ3n) is 1.67. The van der Waals surface area contributed by atoms with Crippen LogP contribution in [0.2, 0.25) is 0 Å². The molecule has 0 aliphatic rings. The van der Waals surface area contributed by atoms with Crippen LogP contribution in [0.15, 0.2) is 0 Å². The first-order chi connectivity index (χ1) is 8.53. The van der Waals surface area contributed by atoms with Crippen LogP contribution in [0.4, 0.5) is 0 Å². The Kier molecular flexibility index (Phi) is 5.97. The van der Waals surface area contributed by atoms with Crippen LogP contribution >= 0.6 is 0 Å². The van der Waals surface area contributed by atoms with Gasteiger partial charge < -0.3 is 19.3 Å². The molecular weight excluding hydrogens is 260 g/mol. The number of hydrogen-bond acceptors (Lipinski definition) is 7. The molecule has 0 aromatic rings. The predicted octanol–water partition coefficient (Wildman–Crippen LogP) is 0.235. The molecule has 0 spiro atoms. The molecule has 0 aliphatic heterocycles. The summed E-state index contributed by atoms with van der Waals surface area (Å²) >= 11 is 0. The van der Waals surface area contributed by atoms with Gasteiger partial charge >= 0.3 is 23.9 Å². The summed E-state index contributed by atoms with van der Waals surface area (Å²) in [6.45, 7) is 4.73.